The van der Waals surface area contributed by atoms with E-state index in [0.29, 0.717) is 145 Å². The van der Waals surface area contributed by atoms with Crippen molar-refractivity contribution in [1.82, 2.24) is 79.4 Å². The molecule has 8 aromatic heterocycles. The molecular weight excluding hydrogens is 1710 g/mol. The molecule has 0 unspecified atom stereocenters. The van der Waals surface area contributed by atoms with E-state index in [1.165, 1.54) is 6.07 Å². The van der Waals surface area contributed by atoms with E-state index < -0.39 is 58.8 Å². The molecule has 674 valence electrons. The molecule has 0 radical (unpaired) electrons. The fourth-order valence-corrected chi connectivity index (χ4v) is 22.2. The largest absolute Gasteiger partial charge is 0.481 e. The maximum absolute atomic E-state index is 13.4. The Hall–Kier alpha value is -10.9. The zero-order valence-corrected chi connectivity index (χ0v) is 74.0. The van der Waals surface area contributed by atoms with Gasteiger partial charge in [0.05, 0.1) is 70.9 Å². The Morgan fingerprint density at radius 1 is 0.424 bits per heavy atom. The van der Waals surface area contributed by atoms with Crippen molar-refractivity contribution in [1.29, 1.82) is 0 Å². The van der Waals surface area contributed by atoms with Crippen molar-refractivity contribution in [2.75, 3.05) is 67.8 Å². The highest BCUT2D eigenvalue weighted by molar-refractivity contribution is 7.90. The number of carboxylic acids is 1. The number of anilines is 4. The highest BCUT2D eigenvalue weighted by Crippen LogP contribution is 2.41. The number of methoxy groups -OCH3 is 1. The molecule has 0 aliphatic heterocycles. The number of hydrogen-bond acceptors (Lipinski definition) is 28. The number of carbonyl (C=O) groups excluding carboxylic acids is 1. The molecule has 44 heteroatoms. The summed E-state index contributed by atoms with van der Waals surface area (Å²) < 4.78 is 187. The van der Waals surface area contributed by atoms with Crippen molar-refractivity contribution in [2.24, 2.45) is 0 Å². The van der Waals surface area contributed by atoms with E-state index in [4.69, 9.17) is 32.7 Å². The molecule has 0 atom stereocenters. The van der Waals surface area contributed by atoms with Gasteiger partial charge in [-0.05, 0) is 184 Å². The molecule has 16 rings (SSSR count). The van der Waals surface area contributed by atoms with Crippen molar-refractivity contribution in [3.8, 4) is 44.5 Å². The van der Waals surface area contributed by atoms with Gasteiger partial charge in [0, 0.05) is 73.2 Å². The third-order valence-corrected chi connectivity index (χ3v) is 28.1. The van der Waals surface area contributed by atoms with Gasteiger partial charge in [-0.25, -0.2) is 72.5 Å². The van der Waals surface area contributed by atoms with E-state index in [1.807, 2.05) is 32.9 Å². The van der Waals surface area contributed by atoms with Crippen molar-refractivity contribution >= 4 is 120 Å². The molecule has 4 aromatic carbocycles. The molecule has 4 saturated carbocycles. The summed E-state index contributed by atoms with van der Waals surface area (Å²) in [5.41, 5.74) is 11.1. The summed E-state index contributed by atoms with van der Waals surface area (Å²) in [4.78, 5) is 52.2. The minimum atomic E-state index is -4.44. The van der Waals surface area contributed by atoms with Crippen molar-refractivity contribution in [3.63, 3.8) is 0 Å². The summed E-state index contributed by atoms with van der Waals surface area (Å²) in [6.07, 6.45) is 10.1. The second-order valence-corrected chi connectivity index (χ2v) is 38.2. The maximum Gasteiger partial charge on any atom is 0.405 e. The van der Waals surface area contributed by atoms with Crippen LogP contribution in [0.2, 0.25) is 0 Å². The smallest absolute Gasteiger partial charge is 0.405 e. The number of aromatic amines is 4. The van der Waals surface area contributed by atoms with Gasteiger partial charge in [-0.3, -0.25) is 9.59 Å². The first kappa shape index (κ1) is 91.8. The number of nitrogens with one attached hydrogen (secondary N) is 12. The Bertz CT molecular complexity index is 6290. The molecule has 12 aromatic rings. The van der Waals surface area contributed by atoms with Crippen LogP contribution >= 0.6 is 0 Å². The minimum Gasteiger partial charge on any atom is -0.481 e. The van der Waals surface area contributed by atoms with Crippen LogP contribution in [0, 0.1) is 55.4 Å². The number of carboxylic acid groups (broad SMARTS) is 1. The summed E-state index contributed by atoms with van der Waals surface area (Å²) in [5, 5.41) is 36.0. The number of aryl methyl sites for hydroxylation is 8. The molecule has 8 heterocycles. The van der Waals surface area contributed by atoms with E-state index in [2.05, 4.69) is 101 Å². The number of benzene rings is 4. The van der Waals surface area contributed by atoms with Gasteiger partial charge in [0.15, 0.2) is 0 Å². The molecule has 0 amide bonds. The van der Waals surface area contributed by atoms with Crippen LogP contribution in [0.25, 0.3) is 88.6 Å². The third-order valence-electron chi connectivity index (χ3n) is 22.0. The summed E-state index contributed by atoms with van der Waals surface area (Å²) in [6, 6.07) is 13.1. The van der Waals surface area contributed by atoms with Gasteiger partial charge in [0.1, 0.15) is 71.2 Å². The van der Waals surface area contributed by atoms with E-state index in [1.54, 1.807) is 79.0 Å². The van der Waals surface area contributed by atoms with Gasteiger partial charge in [0.25, 0.3) is 0 Å². The van der Waals surface area contributed by atoms with E-state index in [-0.39, 0.29) is 86.1 Å². The first-order valence-electron chi connectivity index (χ1n) is 41.3. The molecule has 4 aliphatic carbocycles. The Morgan fingerprint density at radius 3 is 0.928 bits per heavy atom. The van der Waals surface area contributed by atoms with Gasteiger partial charge < -0.3 is 73.9 Å². The Labute approximate surface area is 718 Å². The Balaban J connectivity index is 0.000000143. The fourth-order valence-electron chi connectivity index (χ4n) is 16.2. The normalized spacial score (nSPS) is 15.2. The molecule has 37 nitrogen and oxygen atoms in total. The lowest BCUT2D eigenvalue weighted by Crippen LogP contribution is -2.32. The van der Waals surface area contributed by atoms with Crippen molar-refractivity contribution in [2.45, 2.75) is 228 Å². The lowest BCUT2D eigenvalue weighted by atomic mass is 10.0. The van der Waals surface area contributed by atoms with Crippen LogP contribution in [0.3, 0.4) is 0 Å². The Kier molecular flexibility index (Phi) is 28.6. The number of H-pyrrole nitrogens is 4. The van der Waals surface area contributed by atoms with E-state index in [9.17, 15) is 56.4 Å². The standard InChI is InChI=1S/C22H29N5O5S.C20H25N5O5S.C20H27N5O4S.C19H22F3N5O3S/c1-4-31-19(28)9-10-23-22-24-17-11-15(20-13(2)26-32-14(20)3)12-18(21(17)25-22)33(29,30)27-16-7-5-6-8-16;1-11-18(12(2)30-24-11)13-9-15-19(23-20(22-15)21-8-7-17(26)27)16(10-13)31(28,29)25-14-5-3-4-6-14;1-12-18(13(2)29-24-12)14-10-16-19(23-20(22-16)21-8-9-28-3)17(11-14)30(26,27)25-15-6-4-5-7-15;1-10-16(11(2)30-26-10)12-7-14-17(25-18(24-14)23-9-19(20,21)22)15(8-12)31(28,29)27-13-5-3-4-6-13/h11-12,16,27H,4-10H2,1-3H3,(H2,23,24,25);9-10,14,25H,3-8H2,1-2H3,(H,26,27)(H2,21,22,23);10-11,15,25H,4-9H2,1-3H3,(H2,21,22,23);7-8,13,27H,3-6,9H2,1-2H3,(H2,23,24,25). The van der Waals surface area contributed by atoms with Gasteiger partial charge in [-0.2, -0.15) is 13.2 Å². The lowest BCUT2D eigenvalue weighted by Gasteiger charge is -2.14. The Morgan fingerprint density at radius 2 is 0.688 bits per heavy atom. The molecular formula is C81H103F3N20O17S4. The van der Waals surface area contributed by atoms with E-state index in [0.717, 1.165) is 125 Å². The number of aliphatic carboxylic acids is 1. The van der Waals surface area contributed by atoms with Crippen LogP contribution in [-0.4, -0.2) is 188 Å². The van der Waals surface area contributed by atoms with Crippen LogP contribution in [0.15, 0.2) is 86.2 Å². The maximum atomic E-state index is 13.4. The summed E-state index contributed by atoms with van der Waals surface area (Å²) in [5.74, 6) is 2.09. The summed E-state index contributed by atoms with van der Waals surface area (Å²) in [7, 11) is -13.8. The number of alkyl halides is 3. The number of fused-ring (bicyclic) bond motifs is 4. The second-order valence-electron chi connectivity index (χ2n) is 31.5. The monoisotopic (exact) mass is 1810 g/mol. The molecule has 4 fully saturated rings. The first-order chi connectivity index (χ1) is 59.4. The quantitative estimate of drug-likeness (QED) is 0.0142. The third kappa shape index (κ3) is 22.2. The number of ether oxygens (including phenoxy) is 2. The number of aromatic nitrogens is 12. The predicted octanol–water partition coefficient (Wildman–Crippen LogP) is 13.5. The number of imidazole rings is 4. The first-order valence-corrected chi connectivity index (χ1v) is 47.2. The highest BCUT2D eigenvalue weighted by Gasteiger charge is 2.35. The number of carbonyl (C=O) groups is 2. The molecule has 0 bridgehead atoms. The topological polar surface area (TPSA) is 524 Å². The number of hydrogen-bond donors (Lipinski definition) is 13. The zero-order valence-electron chi connectivity index (χ0n) is 70.7. The van der Waals surface area contributed by atoms with Crippen molar-refractivity contribution < 1.29 is 89.1 Å². The number of nitrogens with zero attached hydrogens (tertiary/aromatic N) is 8. The average Bonchev–Trinajstić information content (AvgIpc) is 1.65. The van der Waals surface area contributed by atoms with Crippen LogP contribution < -0.4 is 40.2 Å². The van der Waals surface area contributed by atoms with Gasteiger partial charge in [-0.15, -0.1) is 0 Å². The predicted molar refractivity (Wildman–Crippen MR) is 460 cm³/mol. The molecule has 4 aliphatic rings. The second kappa shape index (κ2) is 38.9. The molecule has 13 N–H and O–H groups in total. The minimum absolute atomic E-state index is 0.0361. The van der Waals surface area contributed by atoms with Gasteiger partial charge in [0.2, 0.25) is 63.9 Å². The fraction of sp³-hybridized carbons (Fsp3) is 0.481. The number of halogens is 3. The number of rotatable bonds is 31. The molecule has 125 heavy (non-hydrogen) atoms. The molecule has 0 spiro atoms. The highest BCUT2D eigenvalue weighted by atomic mass is 32.2. The van der Waals surface area contributed by atoms with Gasteiger partial charge in [-0.1, -0.05) is 72.0 Å². The van der Waals surface area contributed by atoms with E-state index >= 15 is 0 Å². The zero-order chi connectivity index (χ0) is 89.5. The number of sulfonamides is 4. The van der Waals surface area contributed by atoms with Gasteiger partial charge >= 0.3 is 18.1 Å². The lowest BCUT2D eigenvalue weighted by molar-refractivity contribution is -0.142. The molecule has 0 saturated heterocycles. The summed E-state index contributed by atoms with van der Waals surface area (Å²) >= 11 is 0. The van der Waals surface area contributed by atoms with Crippen LogP contribution in [0.5, 0.6) is 0 Å². The van der Waals surface area contributed by atoms with Crippen LogP contribution in [-0.2, 0) is 59.2 Å². The number of esters is 1. The average molecular weight is 1810 g/mol. The van der Waals surface area contributed by atoms with Crippen LogP contribution in [0.1, 0.15) is 168 Å². The SMILES string of the molecule is CCOC(=O)CCNc1nc2c(S(=O)(=O)NC3CCCC3)cc(-c3c(C)noc3C)cc2[nH]1.COCCNc1nc2c(S(=O)(=O)NC3CCCC3)cc(-c3c(C)noc3C)cc2[nH]1.Cc1noc(C)c1-c1cc(S(=O)(=O)NC2CCCC2)c2nc(NCC(F)(F)F)[nH]c2c1.Cc1noc(C)c1-c1cc(S(=O)(=O)NC2CCCC2)c2nc(NCCC(=O)O)[nH]c2c1. The van der Waals surface area contributed by atoms with Crippen molar-refractivity contribution in [3.05, 3.63) is 94.3 Å². The van der Waals surface area contributed by atoms with Crippen LogP contribution in [0.4, 0.5) is 37.0 Å². The summed E-state index contributed by atoms with van der Waals surface area (Å²) in [6.45, 7) is 16.6.